The number of ether oxygens (including phenoxy) is 2. The van der Waals surface area contributed by atoms with Crippen LogP contribution in [0.4, 0.5) is 0 Å². The van der Waals surface area contributed by atoms with E-state index in [1.165, 1.54) is 32.4 Å². The molecule has 8 heteroatoms. The zero-order valence-electron chi connectivity index (χ0n) is 14.9. The second-order valence-electron chi connectivity index (χ2n) is 5.68. The van der Waals surface area contributed by atoms with Crippen LogP contribution < -0.4 is 9.46 Å². The molecule has 0 saturated heterocycles. The number of aryl methyl sites for hydroxylation is 2. The van der Waals surface area contributed by atoms with Crippen LogP contribution in [0.1, 0.15) is 22.7 Å². The maximum atomic E-state index is 12.8. The van der Waals surface area contributed by atoms with Crippen molar-refractivity contribution in [2.75, 3.05) is 14.2 Å². The second kappa shape index (κ2) is 8.20. The molecule has 1 atom stereocenters. The second-order valence-corrected chi connectivity index (χ2v) is 8.25. The Hall–Kier alpha value is -1.90. The van der Waals surface area contributed by atoms with Gasteiger partial charge in [0.05, 0.1) is 23.6 Å². The molecule has 0 radical (unpaired) electrons. The van der Waals surface area contributed by atoms with Crippen molar-refractivity contribution in [2.45, 2.75) is 24.8 Å². The number of carbonyl (C=O) groups is 1. The highest BCUT2D eigenvalue weighted by Crippen LogP contribution is 2.29. The van der Waals surface area contributed by atoms with Crippen LogP contribution in [0, 0.1) is 13.8 Å². The van der Waals surface area contributed by atoms with E-state index in [9.17, 15) is 13.2 Å². The molecule has 0 saturated carbocycles. The van der Waals surface area contributed by atoms with Crippen molar-refractivity contribution in [1.29, 1.82) is 0 Å². The highest BCUT2D eigenvalue weighted by molar-refractivity contribution is 9.10. The number of rotatable bonds is 6. The topological polar surface area (TPSA) is 81.7 Å². The molecule has 2 rings (SSSR count). The number of halogens is 1. The molecule has 6 nitrogen and oxygen atoms in total. The zero-order chi connectivity index (χ0) is 19.5. The molecule has 0 unspecified atom stereocenters. The summed E-state index contributed by atoms with van der Waals surface area (Å²) in [5.41, 5.74) is 2.16. The van der Waals surface area contributed by atoms with Gasteiger partial charge in [-0.05, 0) is 64.7 Å². The summed E-state index contributed by atoms with van der Waals surface area (Å²) in [5.74, 6) is -0.179. The van der Waals surface area contributed by atoms with E-state index in [2.05, 4.69) is 20.7 Å². The van der Waals surface area contributed by atoms with Gasteiger partial charge in [0.25, 0.3) is 0 Å². The van der Waals surface area contributed by atoms with Crippen LogP contribution in [0.2, 0.25) is 0 Å². The summed E-state index contributed by atoms with van der Waals surface area (Å²) in [6, 6.07) is 8.69. The molecule has 0 fully saturated rings. The van der Waals surface area contributed by atoms with Crippen LogP contribution in [-0.2, 0) is 19.6 Å². The van der Waals surface area contributed by atoms with E-state index in [4.69, 9.17) is 9.47 Å². The molecule has 0 aromatic heterocycles. The Morgan fingerprint density at radius 1 is 1.12 bits per heavy atom. The van der Waals surface area contributed by atoms with Crippen molar-refractivity contribution in [3.05, 3.63) is 57.6 Å². The molecule has 2 aromatic rings. The van der Waals surface area contributed by atoms with E-state index in [0.29, 0.717) is 15.8 Å². The van der Waals surface area contributed by atoms with Gasteiger partial charge in [-0.2, -0.15) is 4.72 Å². The van der Waals surface area contributed by atoms with Gasteiger partial charge >= 0.3 is 5.97 Å². The third-order valence-corrected chi connectivity index (χ3v) is 6.01. The quantitative estimate of drug-likeness (QED) is 0.695. The Labute approximate surface area is 161 Å². The van der Waals surface area contributed by atoms with Crippen molar-refractivity contribution < 1.29 is 22.7 Å². The number of methoxy groups -OCH3 is 2. The van der Waals surface area contributed by atoms with Gasteiger partial charge in [-0.15, -0.1) is 0 Å². The van der Waals surface area contributed by atoms with Gasteiger partial charge in [0.1, 0.15) is 11.8 Å². The van der Waals surface area contributed by atoms with Gasteiger partial charge in [-0.25, -0.2) is 13.2 Å². The van der Waals surface area contributed by atoms with Gasteiger partial charge in [0.2, 0.25) is 10.0 Å². The van der Waals surface area contributed by atoms with Gasteiger partial charge < -0.3 is 9.47 Å². The first-order valence-corrected chi connectivity index (χ1v) is 9.98. The summed E-state index contributed by atoms with van der Waals surface area (Å²) in [6.45, 7) is 3.63. The molecule has 1 N–H and O–H groups in total. The molecular weight excluding hydrogens is 422 g/mol. The van der Waals surface area contributed by atoms with Crippen LogP contribution in [0.15, 0.2) is 45.8 Å². The number of carbonyl (C=O) groups excluding carboxylic acids is 1. The van der Waals surface area contributed by atoms with Crippen molar-refractivity contribution in [3.8, 4) is 5.75 Å². The SMILES string of the molecule is COC(=O)[C@@H](NS(=O)(=O)c1ccc(OC)c(Br)c1)c1c(C)cccc1C. The summed E-state index contributed by atoms with van der Waals surface area (Å²) in [6.07, 6.45) is 0. The van der Waals surface area contributed by atoms with Crippen molar-refractivity contribution in [3.63, 3.8) is 0 Å². The van der Waals surface area contributed by atoms with Gasteiger partial charge in [-0.1, -0.05) is 18.2 Å². The van der Waals surface area contributed by atoms with E-state index in [-0.39, 0.29) is 4.90 Å². The number of hydrogen-bond acceptors (Lipinski definition) is 5. The Morgan fingerprint density at radius 3 is 2.23 bits per heavy atom. The molecule has 0 amide bonds. The number of benzene rings is 2. The standard InChI is InChI=1S/C18H20BrNO5S/c1-11-6-5-7-12(2)16(11)17(18(21)25-4)20-26(22,23)13-8-9-15(24-3)14(19)10-13/h5-10,17,20H,1-4H3/t17-/m0/s1. The van der Waals surface area contributed by atoms with Crippen LogP contribution in [0.5, 0.6) is 5.75 Å². The lowest BCUT2D eigenvalue weighted by molar-refractivity contribution is -0.142. The lowest BCUT2D eigenvalue weighted by Gasteiger charge is -2.21. The van der Waals surface area contributed by atoms with Gasteiger partial charge in [0.15, 0.2) is 0 Å². The van der Waals surface area contributed by atoms with Crippen LogP contribution in [0.3, 0.4) is 0 Å². The Balaban J connectivity index is 2.48. The van der Waals surface area contributed by atoms with E-state index in [1.54, 1.807) is 0 Å². The number of hydrogen-bond donors (Lipinski definition) is 1. The summed E-state index contributed by atoms with van der Waals surface area (Å²) in [5, 5.41) is 0. The van der Waals surface area contributed by atoms with Crippen LogP contribution in [-0.4, -0.2) is 28.6 Å². The summed E-state index contributed by atoms with van der Waals surface area (Å²) >= 11 is 3.27. The van der Waals surface area contributed by atoms with Crippen molar-refractivity contribution >= 4 is 31.9 Å². The molecule has 140 valence electrons. The molecule has 0 spiro atoms. The third-order valence-electron chi connectivity index (χ3n) is 3.97. The van der Waals surface area contributed by atoms with E-state index >= 15 is 0 Å². The lowest BCUT2D eigenvalue weighted by atomic mass is 9.97. The predicted molar refractivity (Wildman–Crippen MR) is 102 cm³/mol. The lowest BCUT2D eigenvalue weighted by Crippen LogP contribution is -2.35. The molecule has 26 heavy (non-hydrogen) atoms. The van der Waals surface area contributed by atoms with Crippen molar-refractivity contribution in [1.82, 2.24) is 4.72 Å². The largest absolute Gasteiger partial charge is 0.496 e. The fraction of sp³-hybridized carbons (Fsp3) is 0.278. The normalized spacial score (nSPS) is 12.5. The Bertz CT molecular complexity index is 907. The third kappa shape index (κ3) is 4.25. The first-order chi connectivity index (χ1) is 12.2. The van der Waals surface area contributed by atoms with Gasteiger partial charge in [-0.3, -0.25) is 0 Å². The molecule has 0 aliphatic heterocycles. The molecule has 2 aromatic carbocycles. The maximum absolute atomic E-state index is 12.8. The minimum absolute atomic E-state index is 0.00492. The van der Waals surface area contributed by atoms with Crippen molar-refractivity contribution in [2.24, 2.45) is 0 Å². The first-order valence-electron chi connectivity index (χ1n) is 7.71. The summed E-state index contributed by atoms with van der Waals surface area (Å²) < 4.78 is 38.5. The van der Waals surface area contributed by atoms with E-state index in [0.717, 1.165) is 11.1 Å². The number of sulfonamides is 1. The van der Waals surface area contributed by atoms with E-state index < -0.39 is 22.0 Å². The molecular formula is C18H20BrNO5S. The summed E-state index contributed by atoms with van der Waals surface area (Å²) in [7, 11) is -1.27. The van der Waals surface area contributed by atoms with E-state index in [1.807, 2.05) is 32.0 Å². The summed E-state index contributed by atoms with van der Waals surface area (Å²) in [4.78, 5) is 12.3. The molecule has 0 bridgehead atoms. The smallest absolute Gasteiger partial charge is 0.328 e. The highest BCUT2D eigenvalue weighted by Gasteiger charge is 2.30. The maximum Gasteiger partial charge on any atom is 0.328 e. The molecule has 0 heterocycles. The predicted octanol–water partition coefficient (Wildman–Crippen LogP) is 3.27. The fourth-order valence-corrected chi connectivity index (χ4v) is 4.54. The number of nitrogens with one attached hydrogen (secondary N) is 1. The minimum atomic E-state index is -3.98. The average Bonchev–Trinajstić information content (AvgIpc) is 2.59. The monoisotopic (exact) mass is 441 g/mol. The van der Waals surface area contributed by atoms with Crippen LogP contribution in [0.25, 0.3) is 0 Å². The molecule has 0 aliphatic rings. The average molecular weight is 442 g/mol. The Kier molecular flexibility index (Phi) is 6.44. The van der Waals surface area contributed by atoms with Gasteiger partial charge in [0, 0.05) is 0 Å². The highest BCUT2D eigenvalue weighted by atomic mass is 79.9. The molecule has 0 aliphatic carbocycles. The Morgan fingerprint density at radius 2 is 1.73 bits per heavy atom. The zero-order valence-corrected chi connectivity index (χ0v) is 17.3. The minimum Gasteiger partial charge on any atom is -0.496 e. The first kappa shape index (κ1) is 20.4. The fourth-order valence-electron chi connectivity index (χ4n) is 2.66. The number of esters is 1. The van der Waals surface area contributed by atoms with Crippen LogP contribution >= 0.6 is 15.9 Å².